The van der Waals surface area contributed by atoms with Gasteiger partial charge in [-0.2, -0.15) is 0 Å². The fourth-order valence-corrected chi connectivity index (χ4v) is 3.64. The minimum absolute atomic E-state index is 0.385. The van der Waals surface area contributed by atoms with Gasteiger partial charge >= 0.3 is 0 Å². The number of nitrogens with zero attached hydrogens (tertiary/aromatic N) is 2. The van der Waals surface area contributed by atoms with E-state index in [0.717, 1.165) is 32.0 Å². The van der Waals surface area contributed by atoms with Gasteiger partial charge in [-0.3, -0.25) is 4.90 Å². The highest BCUT2D eigenvalue weighted by Crippen LogP contribution is 2.30. The molecule has 1 aliphatic heterocycles. The third-order valence-electron chi connectivity index (χ3n) is 4.53. The zero-order valence-electron chi connectivity index (χ0n) is 11.5. The summed E-state index contributed by atoms with van der Waals surface area (Å²) in [6.45, 7) is 6.67. The molecule has 2 aliphatic rings. The second kappa shape index (κ2) is 5.68. The van der Waals surface area contributed by atoms with E-state index in [1.165, 1.54) is 38.8 Å². The Morgan fingerprint density at radius 3 is 2.65 bits per heavy atom. The van der Waals surface area contributed by atoms with Gasteiger partial charge in [-0.1, -0.05) is 19.8 Å². The molecule has 2 rings (SSSR count). The van der Waals surface area contributed by atoms with Crippen molar-refractivity contribution < 1.29 is 5.11 Å². The standard InChI is InChI=1S/C14H28N2O/c1-3-16-10-6-7-13(16)11-15(2)12-14(17)8-4-5-9-14/h13,17H,3-12H2,1-2H3. The van der Waals surface area contributed by atoms with Crippen LogP contribution in [0.1, 0.15) is 45.4 Å². The molecular formula is C14H28N2O. The van der Waals surface area contributed by atoms with Crippen molar-refractivity contribution in [2.24, 2.45) is 0 Å². The molecule has 1 atom stereocenters. The summed E-state index contributed by atoms with van der Waals surface area (Å²) in [6.07, 6.45) is 7.08. The molecular weight excluding hydrogens is 212 g/mol. The Morgan fingerprint density at radius 1 is 1.29 bits per heavy atom. The minimum Gasteiger partial charge on any atom is -0.389 e. The summed E-state index contributed by atoms with van der Waals surface area (Å²) >= 11 is 0. The van der Waals surface area contributed by atoms with E-state index >= 15 is 0 Å². The molecule has 1 saturated heterocycles. The quantitative estimate of drug-likeness (QED) is 0.792. The molecule has 0 amide bonds. The van der Waals surface area contributed by atoms with Crippen molar-refractivity contribution in [1.29, 1.82) is 0 Å². The van der Waals surface area contributed by atoms with Crippen molar-refractivity contribution in [2.75, 3.05) is 33.2 Å². The number of likely N-dealkylation sites (N-methyl/N-ethyl adjacent to an activating group) is 2. The molecule has 1 unspecified atom stereocenters. The van der Waals surface area contributed by atoms with Crippen LogP contribution in [-0.2, 0) is 0 Å². The van der Waals surface area contributed by atoms with Crippen LogP contribution in [0, 0.1) is 0 Å². The van der Waals surface area contributed by atoms with E-state index in [-0.39, 0.29) is 5.60 Å². The predicted molar refractivity (Wildman–Crippen MR) is 71.2 cm³/mol. The van der Waals surface area contributed by atoms with Gasteiger partial charge in [0.1, 0.15) is 0 Å². The lowest BCUT2D eigenvalue weighted by Gasteiger charge is -2.32. The Kier molecular flexibility index (Phi) is 4.45. The van der Waals surface area contributed by atoms with Gasteiger partial charge in [0.2, 0.25) is 0 Å². The summed E-state index contributed by atoms with van der Waals surface area (Å²) in [5.41, 5.74) is -0.385. The summed E-state index contributed by atoms with van der Waals surface area (Å²) in [5, 5.41) is 10.4. The van der Waals surface area contributed by atoms with E-state index in [2.05, 4.69) is 23.8 Å². The topological polar surface area (TPSA) is 26.7 Å². The van der Waals surface area contributed by atoms with Gasteiger partial charge in [0, 0.05) is 19.1 Å². The molecule has 17 heavy (non-hydrogen) atoms. The van der Waals surface area contributed by atoms with Crippen LogP contribution in [0.5, 0.6) is 0 Å². The molecule has 0 bridgehead atoms. The lowest BCUT2D eigenvalue weighted by molar-refractivity contribution is 0.0114. The largest absolute Gasteiger partial charge is 0.389 e. The lowest BCUT2D eigenvalue weighted by Crippen LogP contribution is -2.45. The second-order valence-corrected chi connectivity index (χ2v) is 6.05. The summed E-state index contributed by atoms with van der Waals surface area (Å²) in [7, 11) is 2.17. The van der Waals surface area contributed by atoms with Crippen molar-refractivity contribution in [3.63, 3.8) is 0 Å². The maximum Gasteiger partial charge on any atom is 0.0774 e. The maximum absolute atomic E-state index is 10.4. The second-order valence-electron chi connectivity index (χ2n) is 6.05. The third kappa shape index (κ3) is 3.43. The number of hydrogen-bond acceptors (Lipinski definition) is 3. The van der Waals surface area contributed by atoms with E-state index < -0.39 is 0 Å². The lowest BCUT2D eigenvalue weighted by atomic mass is 10.0. The number of aliphatic hydroxyl groups is 1. The molecule has 3 nitrogen and oxygen atoms in total. The van der Waals surface area contributed by atoms with Gasteiger partial charge in [0.25, 0.3) is 0 Å². The number of likely N-dealkylation sites (tertiary alicyclic amines) is 1. The Bertz CT molecular complexity index is 238. The molecule has 0 aromatic heterocycles. The smallest absolute Gasteiger partial charge is 0.0774 e. The van der Waals surface area contributed by atoms with Gasteiger partial charge in [0.05, 0.1) is 5.60 Å². The molecule has 1 aliphatic carbocycles. The van der Waals surface area contributed by atoms with Gasteiger partial charge in [-0.25, -0.2) is 0 Å². The minimum atomic E-state index is -0.385. The first-order valence-corrected chi connectivity index (χ1v) is 7.28. The summed E-state index contributed by atoms with van der Waals surface area (Å²) in [6, 6.07) is 0.718. The van der Waals surface area contributed by atoms with Crippen LogP contribution in [-0.4, -0.2) is 59.8 Å². The van der Waals surface area contributed by atoms with Crippen LogP contribution < -0.4 is 0 Å². The van der Waals surface area contributed by atoms with Gasteiger partial charge in [-0.15, -0.1) is 0 Å². The third-order valence-corrected chi connectivity index (χ3v) is 4.53. The van der Waals surface area contributed by atoms with Gasteiger partial charge in [-0.05, 0) is 45.8 Å². The zero-order chi connectivity index (χ0) is 12.3. The van der Waals surface area contributed by atoms with Crippen molar-refractivity contribution in [3.05, 3.63) is 0 Å². The summed E-state index contributed by atoms with van der Waals surface area (Å²) in [5.74, 6) is 0. The average molecular weight is 240 g/mol. The first kappa shape index (κ1) is 13.3. The van der Waals surface area contributed by atoms with E-state index in [9.17, 15) is 5.11 Å². The fourth-order valence-electron chi connectivity index (χ4n) is 3.64. The molecule has 100 valence electrons. The molecule has 0 aromatic carbocycles. The Morgan fingerprint density at radius 2 is 2.00 bits per heavy atom. The SMILES string of the molecule is CCN1CCCC1CN(C)CC1(O)CCCC1. The van der Waals surface area contributed by atoms with Crippen LogP contribution in [0.3, 0.4) is 0 Å². The molecule has 1 saturated carbocycles. The Balaban J connectivity index is 1.78. The molecule has 3 heteroatoms. The number of hydrogen-bond donors (Lipinski definition) is 1. The van der Waals surface area contributed by atoms with E-state index in [1.54, 1.807) is 0 Å². The normalized spacial score (nSPS) is 29.3. The molecule has 1 N–H and O–H groups in total. The monoisotopic (exact) mass is 240 g/mol. The predicted octanol–water partition coefficient (Wildman–Crippen LogP) is 1.71. The van der Waals surface area contributed by atoms with Gasteiger partial charge < -0.3 is 10.0 Å². The Hall–Kier alpha value is -0.120. The van der Waals surface area contributed by atoms with Crippen LogP contribution in [0.15, 0.2) is 0 Å². The molecule has 0 spiro atoms. The van der Waals surface area contributed by atoms with Crippen molar-refractivity contribution in [1.82, 2.24) is 9.80 Å². The average Bonchev–Trinajstić information content (AvgIpc) is 2.87. The Labute approximate surface area is 106 Å². The maximum atomic E-state index is 10.4. The first-order chi connectivity index (χ1) is 8.13. The molecule has 0 aromatic rings. The molecule has 1 heterocycles. The van der Waals surface area contributed by atoms with Crippen LogP contribution in [0.4, 0.5) is 0 Å². The van der Waals surface area contributed by atoms with Crippen molar-refractivity contribution in [2.45, 2.75) is 57.1 Å². The molecule has 0 radical (unpaired) electrons. The highest BCUT2D eigenvalue weighted by Gasteiger charge is 2.33. The van der Waals surface area contributed by atoms with E-state index in [4.69, 9.17) is 0 Å². The van der Waals surface area contributed by atoms with Crippen molar-refractivity contribution >= 4 is 0 Å². The highest BCUT2D eigenvalue weighted by molar-refractivity contribution is 4.88. The summed E-state index contributed by atoms with van der Waals surface area (Å²) < 4.78 is 0. The van der Waals surface area contributed by atoms with Crippen molar-refractivity contribution in [3.8, 4) is 0 Å². The van der Waals surface area contributed by atoms with Crippen LogP contribution in [0.2, 0.25) is 0 Å². The van der Waals surface area contributed by atoms with Crippen LogP contribution in [0.25, 0.3) is 0 Å². The van der Waals surface area contributed by atoms with E-state index in [1.807, 2.05) is 0 Å². The fraction of sp³-hybridized carbons (Fsp3) is 1.00. The molecule has 2 fully saturated rings. The first-order valence-electron chi connectivity index (χ1n) is 7.28. The van der Waals surface area contributed by atoms with Crippen LogP contribution >= 0.6 is 0 Å². The number of rotatable bonds is 5. The van der Waals surface area contributed by atoms with E-state index in [0.29, 0.717) is 0 Å². The zero-order valence-corrected chi connectivity index (χ0v) is 11.5. The highest BCUT2D eigenvalue weighted by atomic mass is 16.3. The van der Waals surface area contributed by atoms with Gasteiger partial charge in [0.15, 0.2) is 0 Å². The summed E-state index contributed by atoms with van der Waals surface area (Å²) in [4.78, 5) is 4.93.